The molecule has 0 aromatic heterocycles. The third-order valence-corrected chi connectivity index (χ3v) is 2.80. The van der Waals surface area contributed by atoms with Gasteiger partial charge in [0.05, 0.1) is 12.7 Å². The van der Waals surface area contributed by atoms with Gasteiger partial charge in [-0.3, -0.25) is 0 Å². The molecule has 18 heavy (non-hydrogen) atoms. The molecule has 0 aromatic rings. The SMILES string of the molecule is O=C(O)C1(O)C[C@H](O)[C@@H](O)[C@H]([C@@H](O)[C@H](O)[13CH2]O)O1. The molecule has 1 fully saturated rings. The minimum absolute atomic E-state index is 0.790. The van der Waals surface area contributed by atoms with E-state index < -0.39 is 55.3 Å². The van der Waals surface area contributed by atoms with Crippen LogP contribution in [-0.4, -0.2) is 84.6 Å². The van der Waals surface area contributed by atoms with Gasteiger partial charge in [-0.15, -0.1) is 0 Å². The van der Waals surface area contributed by atoms with E-state index in [9.17, 15) is 30.3 Å². The summed E-state index contributed by atoms with van der Waals surface area (Å²) in [7, 11) is 0. The Morgan fingerprint density at radius 1 is 1.39 bits per heavy atom. The number of aliphatic hydroxyl groups excluding tert-OH is 5. The van der Waals surface area contributed by atoms with Crippen molar-refractivity contribution in [3.8, 4) is 0 Å². The fourth-order valence-corrected chi connectivity index (χ4v) is 1.70. The van der Waals surface area contributed by atoms with Gasteiger partial charge in [0.1, 0.15) is 24.4 Å². The van der Waals surface area contributed by atoms with Gasteiger partial charge in [0, 0.05) is 6.42 Å². The Kier molecular flexibility index (Phi) is 4.61. The molecule has 0 saturated carbocycles. The van der Waals surface area contributed by atoms with Crippen LogP contribution in [-0.2, 0) is 9.53 Å². The molecule has 106 valence electrons. The van der Waals surface area contributed by atoms with Crippen molar-refractivity contribution in [2.75, 3.05) is 6.61 Å². The van der Waals surface area contributed by atoms with Crippen LogP contribution in [0.15, 0.2) is 0 Å². The van der Waals surface area contributed by atoms with Crippen molar-refractivity contribution in [3.05, 3.63) is 0 Å². The molecule has 0 aliphatic carbocycles. The van der Waals surface area contributed by atoms with E-state index in [1.165, 1.54) is 0 Å². The van der Waals surface area contributed by atoms with Gasteiger partial charge in [-0.1, -0.05) is 0 Å². The Bertz CT molecular complexity index is 308. The summed E-state index contributed by atoms with van der Waals surface area (Å²) in [6, 6.07) is 0. The molecule has 1 saturated heterocycles. The van der Waals surface area contributed by atoms with Crippen LogP contribution < -0.4 is 0 Å². The zero-order chi connectivity index (χ0) is 14.1. The van der Waals surface area contributed by atoms with Crippen LogP contribution in [0.5, 0.6) is 0 Å². The van der Waals surface area contributed by atoms with Crippen LogP contribution in [0.1, 0.15) is 6.42 Å². The van der Waals surface area contributed by atoms with E-state index in [1.54, 1.807) is 0 Å². The topological polar surface area (TPSA) is 168 Å². The number of carboxylic acids is 1. The number of aliphatic hydroxyl groups is 6. The molecule has 0 bridgehead atoms. The maximum absolute atomic E-state index is 10.8. The van der Waals surface area contributed by atoms with Gasteiger partial charge in [0.25, 0.3) is 5.79 Å². The molecule has 1 rings (SSSR count). The number of carbonyl (C=O) groups is 1. The van der Waals surface area contributed by atoms with Gasteiger partial charge in [-0.2, -0.15) is 0 Å². The third kappa shape index (κ3) is 2.78. The molecule has 0 spiro atoms. The van der Waals surface area contributed by atoms with Crippen LogP contribution in [0.4, 0.5) is 0 Å². The second-order valence-corrected chi connectivity index (χ2v) is 4.17. The largest absolute Gasteiger partial charge is 0.477 e. The molecular formula is C9H16O9. The van der Waals surface area contributed by atoms with Gasteiger partial charge < -0.3 is 40.5 Å². The van der Waals surface area contributed by atoms with Gasteiger partial charge >= 0.3 is 5.97 Å². The minimum atomic E-state index is -2.78. The van der Waals surface area contributed by atoms with Crippen molar-refractivity contribution in [1.29, 1.82) is 0 Å². The van der Waals surface area contributed by atoms with Crippen LogP contribution in [0.25, 0.3) is 0 Å². The van der Waals surface area contributed by atoms with E-state index in [2.05, 4.69) is 4.74 Å². The maximum Gasteiger partial charge on any atom is 0.364 e. The molecular weight excluding hydrogens is 253 g/mol. The molecule has 6 atom stereocenters. The summed E-state index contributed by atoms with van der Waals surface area (Å²) in [4.78, 5) is 10.8. The molecule has 1 heterocycles. The number of aliphatic carboxylic acids is 1. The van der Waals surface area contributed by atoms with Crippen molar-refractivity contribution < 1.29 is 45.3 Å². The average molecular weight is 269 g/mol. The molecule has 9 nitrogen and oxygen atoms in total. The lowest BCUT2D eigenvalue weighted by atomic mass is 9.92. The normalized spacial score (nSPS) is 40.2. The van der Waals surface area contributed by atoms with E-state index in [1.807, 2.05) is 0 Å². The molecule has 0 radical (unpaired) electrons. The number of hydrogen-bond donors (Lipinski definition) is 7. The summed E-state index contributed by atoms with van der Waals surface area (Å²) in [6.07, 6.45) is -9.50. The van der Waals surface area contributed by atoms with E-state index >= 15 is 0 Å². The molecule has 1 aliphatic rings. The maximum atomic E-state index is 10.8. The summed E-state index contributed by atoms with van der Waals surface area (Å²) in [5, 5.41) is 64.6. The number of carboxylic acid groups (broad SMARTS) is 1. The summed E-state index contributed by atoms with van der Waals surface area (Å²) in [5.41, 5.74) is 0. The van der Waals surface area contributed by atoms with Crippen LogP contribution in [0.2, 0.25) is 0 Å². The second kappa shape index (κ2) is 5.45. The second-order valence-electron chi connectivity index (χ2n) is 4.17. The molecule has 1 aliphatic heterocycles. The van der Waals surface area contributed by atoms with Gasteiger partial charge in [0.15, 0.2) is 0 Å². The monoisotopic (exact) mass is 269 g/mol. The van der Waals surface area contributed by atoms with E-state index in [0.717, 1.165) is 0 Å². The Morgan fingerprint density at radius 2 is 1.94 bits per heavy atom. The van der Waals surface area contributed by atoms with Crippen molar-refractivity contribution >= 4 is 5.97 Å². The van der Waals surface area contributed by atoms with Crippen molar-refractivity contribution in [3.63, 3.8) is 0 Å². The Balaban J connectivity index is 2.92. The highest BCUT2D eigenvalue weighted by Crippen LogP contribution is 2.30. The van der Waals surface area contributed by atoms with Crippen LogP contribution in [0.3, 0.4) is 0 Å². The molecule has 0 amide bonds. The standard InChI is InChI=1S/C9H16O9/c10-2-4(12)6(14)7-5(13)3(11)1-9(17,18-7)8(15)16/h3-7,10-14,17H,1-2H2,(H,15,16)/t3-,4+,5+,6-,7+,9?/m0/s1/i2+1. The highest BCUT2D eigenvalue weighted by atomic mass is 16.7. The number of hydrogen-bond acceptors (Lipinski definition) is 8. The van der Waals surface area contributed by atoms with Gasteiger partial charge in [0.2, 0.25) is 0 Å². The summed E-state index contributed by atoms with van der Waals surface area (Å²) >= 11 is 0. The van der Waals surface area contributed by atoms with E-state index in [-0.39, 0.29) is 0 Å². The quantitative estimate of drug-likeness (QED) is 0.251. The Labute approximate surface area is 101 Å². The fourth-order valence-electron chi connectivity index (χ4n) is 1.70. The summed E-state index contributed by atoms with van der Waals surface area (Å²) in [5.74, 6) is -4.58. The summed E-state index contributed by atoms with van der Waals surface area (Å²) < 4.78 is 4.63. The lowest BCUT2D eigenvalue weighted by molar-refractivity contribution is -0.312. The molecule has 9 heteroatoms. The summed E-state index contributed by atoms with van der Waals surface area (Å²) in [6.45, 7) is -0.866. The van der Waals surface area contributed by atoms with Crippen molar-refractivity contribution in [2.24, 2.45) is 0 Å². The van der Waals surface area contributed by atoms with Crippen molar-refractivity contribution in [2.45, 2.75) is 42.7 Å². The first-order valence-electron chi connectivity index (χ1n) is 5.19. The first kappa shape index (κ1) is 15.2. The lowest BCUT2D eigenvalue weighted by Crippen LogP contribution is -2.63. The lowest BCUT2D eigenvalue weighted by Gasteiger charge is -2.42. The zero-order valence-electron chi connectivity index (χ0n) is 9.25. The highest BCUT2D eigenvalue weighted by molar-refractivity contribution is 5.75. The first-order chi connectivity index (χ1) is 8.23. The highest BCUT2D eigenvalue weighted by Gasteiger charge is 2.53. The molecule has 1 unspecified atom stereocenters. The molecule has 0 aromatic carbocycles. The number of ether oxygens (including phenoxy) is 1. The zero-order valence-corrected chi connectivity index (χ0v) is 9.25. The Hall–Kier alpha value is -0.810. The Morgan fingerprint density at radius 3 is 2.39 bits per heavy atom. The smallest absolute Gasteiger partial charge is 0.364 e. The fraction of sp³-hybridized carbons (Fsp3) is 0.889. The van der Waals surface area contributed by atoms with Crippen LogP contribution in [0, 0.1) is 0 Å². The van der Waals surface area contributed by atoms with Gasteiger partial charge in [-0.25, -0.2) is 4.79 Å². The average Bonchev–Trinajstić information content (AvgIpc) is 2.31. The van der Waals surface area contributed by atoms with E-state index in [0.29, 0.717) is 0 Å². The minimum Gasteiger partial charge on any atom is -0.477 e. The predicted octanol–water partition coefficient (Wildman–Crippen LogP) is -4.02. The van der Waals surface area contributed by atoms with E-state index in [4.69, 9.17) is 10.2 Å². The predicted molar refractivity (Wildman–Crippen MR) is 53.2 cm³/mol. The number of rotatable bonds is 4. The van der Waals surface area contributed by atoms with Crippen LogP contribution >= 0.6 is 0 Å². The third-order valence-electron chi connectivity index (χ3n) is 2.80. The first-order valence-corrected chi connectivity index (χ1v) is 5.19. The van der Waals surface area contributed by atoms with Gasteiger partial charge in [-0.05, 0) is 0 Å². The molecule has 7 N–H and O–H groups in total. The van der Waals surface area contributed by atoms with Crippen molar-refractivity contribution in [1.82, 2.24) is 0 Å².